The van der Waals surface area contributed by atoms with Gasteiger partial charge in [0.05, 0.1) is 12.1 Å². The zero-order valence-electron chi connectivity index (χ0n) is 14.1. The Morgan fingerprint density at radius 2 is 1.96 bits per heavy atom. The second-order valence-corrected chi connectivity index (χ2v) is 6.83. The van der Waals surface area contributed by atoms with Gasteiger partial charge in [-0.05, 0) is 19.1 Å². The van der Waals surface area contributed by atoms with E-state index in [0.717, 1.165) is 21.7 Å². The van der Waals surface area contributed by atoms with Crippen LogP contribution in [0.25, 0.3) is 21.5 Å². The summed E-state index contributed by atoms with van der Waals surface area (Å²) in [5, 5.41) is 7.61. The SMILES string of the molecule is Cc1ccc(-c2nc(COC(=O)Cc3noc4ccccc34)cs2)cc1. The highest BCUT2D eigenvalue weighted by molar-refractivity contribution is 7.13. The second-order valence-electron chi connectivity index (χ2n) is 5.97. The highest BCUT2D eigenvalue weighted by Crippen LogP contribution is 2.24. The maximum Gasteiger partial charge on any atom is 0.312 e. The molecule has 2 heterocycles. The van der Waals surface area contributed by atoms with Gasteiger partial charge in [-0.15, -0.1) is 11.3 Å². The Labute approximate surface area is 154 Å². The number of rotatable bonds is 5. The van der Waals surface area contributed by atoms with Crippen molar-refractivity contribution in [2.45, 2.75) is 20.0 Å². The van der Waals surface area contributed by atoms with Crippen LogP contribution >= 0.6 is 11.3 Å². The third-order valence-corrected chi connectivity index (χ3v) is 4.94. The molecule has 5 nitrogen and oxygen atoms in total. The van der Waals surface area contributed by atoms with E-state index in [1.165, 1.54) is 16.9 Å². The summed E-state index contributed by atoms with van der Waals surface area (Å²) in [6, 6.07) is 15.6. The minimum absolute atomic E-state index is 0.0754. The van der Waals surface area contributed by atoms with Crippen LogP contribution in [-0.4, -0.2) is 16.1 Å². The quantitative estimate of drug-likeness (QED) is 0.486. The number of hydrogen-bond acceptors (Lipinski definition) is 6. The van der Waals surface area contributed by atoms with Gasteiger partial charge in [-0.2, -0.15) is 0 Å². The smallest absolute Gasteiger partial charge is 0.312 e. The highest BCUT2D eigenvalue weighted by Gasteiger charge is 2.14. The number of benzene rings is 2. The summed E-state index contributed by atoms with van der Waals surface area (Å²) < 4.78 is 10.5. The van der Waals surface area contributed by atoms with Crippen molar-refractivity contribution in [2.75, 3.05) is 0 Å². The molecule has 0 bridgehead atoms. The van der Waals surface area contributed by atoms with Gasteiger partial charge in [0.15, 0.2) is 5.58 Å². The summed E-state index contributed by atoms with van der Waals surface area (Å²) in [5.41, 5.74) is 4.26. The van der Waals surface area contributed by atoms with Crippen molar-refractivity contribution in [1.82, 2.24) is 10.1 Å². The number of esters is 1. The number of carbonyl (C=O) groups excluding carboxylic acids is 1. The third-order valence-electron chi connectivity index (χ3n) is 4.00. The number of fused-ring (bicyclic) bond motifs is 1. The number of hydrogen-bond donors (Lipinski definition) is 0. The van der Waals surface area contributed by atoms with Crippen molar-refractivity contribution in [2.24, 2.45) is 0 Å². The van der Waals surface area contributed by atoms with Crippen LogP contribution in [0.15, 0.2) is 58.4 Å². The molecule has 0 unspecified atom stereocenters. The topological polar surface area (TPSA) is 65.2 Å². The van der Waals surface area contributed by atoms with Crippen LogP contribution in [0.5, 0.6) is 0 Å². The fourth-order valence-electron chi connectivity index (χ4n) is 2.61. The molecule has 0 amide bonds. The predicted octanol–water partition coefficient (Wildman–Crippen LogP) is 4.55. The van der Waals surface area contributed by atoms with Crippen LogP contribution in [0.1, 0.15) is 17.0 Å². The number of para-hydroxylation sites is 1. The van der Waals surface area contributed by atoms with Gasteiger partial charge in [0.25, 0.3) is 0 Å². The average Bonchev–Trinajstić information content (AvgIpc) is 3.28. The minimum Gasteiger partial charge on any atom is -0.459 e. The number of thiazole rings is 1. The van der Waals surface area contributed by atoms with Gasteiger partial charge in [-0.3, -0.25) is 4.79 Å². The van der Waals surface area contributed by atoms with E-state index < -0.39 is 0 Å². The number of nitrogens with zero attached hydrogens (tertiary/aromatic N) is 2. The maximum absolute atomic E-state index is 12.1. The predicted molar refractivity (Wildman–Crippen MR) is 99.8 cm³/mol. The first-order chi connectivity index (χ1) is 12.7. The van der Waals surface area contributed by atoms with Gasteiger partial charge >= 0.3 is 5.97 Å². The molecule has 2 aromatic heterocycles. The van der Waals surface area contributed by atoms with E-state index in [9.17, 15) is 4.79 Å². The summed E-state index contributed by atoms with van der Waals surface area (Å²) in [6.07, 6.45) is 0.0754. The molecule has 0 aliphatic rings. The lowest BCUT2D eigenvalue weighted by Gasteiger charge is -2.01. The molecule has 26 heavy (non-hydrogen) atoms. The van der Waals surface area contributed by atoms with E-state index in [-0.39, 0.29) is 19.0 Å². The Kier molecular flexibility index (Phi) is 4.50. The van der Waals surface area contributed by atoms with Gasteiger partial charge in [-0.25, -0.2) is 4.98 Å². The molecule has 2 aromatic carbocycles. The Hall–Kier alpha value is -2.99. The van der Waals surface area contributed by atoms with Gasteiger partial charge in [-0.1, -0.05) is 47.1 Å². The monoisotopic (exact) mass is 364 g/mol. The van der Waals surface area contributed by atoms with Crippen molar-refractivity contribution in [1.29, 1.82) is 0 Å². The molecular formula is C20H16N2O3S. The van der Waals surface area contributed by atoms with Crippen LogP contribution in [0.2, 0.25) is 0 Å². The molecule has 0 saturated heterocycles. The number of aromatic nitrogens is 2. The molecule has 0 saturated carbocycles. The van der Waals surface area contributed by atoms with Gasteiger partial charge < -0.3 is 9.26 Å². The van der Waals surface area contributed by atoms with Crippen molar-refractivity contribution >= 4 is 28.3 Å². The van der Waals surface area contributed by atoms with Gasteiger partial charge in [0, 0.05) is 16.3 Å². The first-order valence-electron chi connectivity index (χ1n) is 8.19. The molecule has 4 rings (SSSR count). The fourth-order valence-corrected chi connectivity index (χ4v) is 3.42. The van der Waals surface area contributed by atoms with E-state index >= 15 is 0 Å². The Balaban J connectivity index is 1.38. The summed E-state index contributed by atoms with van der Waals surface area (Å²) in [5.74, 6) is -0.353. The number of ether oxygens (including phenoxy) is 1. The first-order valence-corrected chi connectivity index (χ1v) is 9.07. The van der Waals surface area contributed by atoms with E-state index in [0.29, 0.717) is 11.3 Å². The molecule has 4 aromatic rings. The number of carbonyl (C=O) groups is 1. The summed E-state index contributed by atoms with van der Waals surface area (Å²) >= 11 is 1.54. The number of aryl methyl sites for hydroxylation is 1. The van der Waals surface area contributed by atoms with Crippen molar-refractivity contribution < 1.29 is 14.1 Å². The normalized spacial score (nSPS) is 11.0. The Morgan fingerprint density at radius 3 is 2.81 bits per heavy atom. The van der Waals surface area contributed by atoms with Crippen LogP contribution in [0.3, 0.4) is 0 Å². The summed E-state index contributed by atoms with van der Waals surface area (Å²) in [4.78, 5) is 16.6. The standard InChI is InChI=1S/C20H16N2O3S/c1-13-6-8-14(9-7-13)20-21-15(12-26-20)11-24-19(23)10-17-16-4-2-3-5-18(16)25-22-17/h2-9,12H,10-11H2,1H3. The molecule has 0 aliphatic carbocycles. The van der Waals surface area contributed by atoms with Crippen LogP contribution < -0.4 is 0 Å². The van der Waals surface area contributed by atoms with Crippen LogP contribution in [0, 0.1) is 6.92 Å². The van der Waals surface area contributed by atoms with Crippen LogP contribution in [-0.2, 0) is 22.6 Å². The zero-order chi connectivity index (χ0) is 17.9. The van der Waals surface area contributed by atoms with E-state index in [1.54, 1.807) is 0 Å². The van der Waals surface area contributed by atoms with Gasteiger partial charge in [0.2, 0.25) is 0 Å². The molecule has 0 aliphatic heterocycles. The minimum atomic E-state index is -0.353. The lowest BCUT2D eigenvalue weighted by Crippen LogP contribution is -2.08. The molecule has 0 atom stereocenters. The molecule has 0 radical (unpaired) electrons. The molecule has 0 fully saturated rings. The molecular weight excluding hydrogens is 348 g/mol. The average molecular weight is 364 g/mol. The third kappa shape index (κ3) is 3.50. The van der Waals surface area contributed by atoms with E-state index in [4.69, 9.17) is 9.26 Å². The van der Waals surface area contributed by atoms with Crippen LogP contribution in [0.4, 0.5) is 0 Å². The molecule has 130 valence electrons. The van der Waals surface area contributed by atoms with Crippen molar-refractivity contribution in [3.63, 3.8) is 0 Å². The maximum atomic E-state index is 12.1. The second kappa shape index (κ2) is 7.09. The lowest BCUT2D eigenvalue weighted by molar-refractivity contribution is -0.144. The zero-order valence-corrected chi connectivity index (χ0v) is 15.0. The summed E-state index contributed by atoms with van der Waals surface area (Å²) in [7, 11) is 0. The largest absolute Gasteiger partial charge is 0.459 e. The van der Waals surface area contributed by atoms with E-state index in [1.807, 2.05) is 41.8 Å². The fraction of sp³-hybridized carbons (Fsp3) is 0.150. The summed E-state index contributed by atoms with van der Waals surface area (Å²) in [6.45, 7) is 2.20. The first kappa shape index (κ1) is 16.5. The molecule has 0 N–H and O–H groups in total. The Morgan fingerprint density at radius 1 is 1.15 bits per heavy atom. The van der Waals surface area contributed by atoms with Gasteiger partial charge in [0.1, 0.15) is 17.3 Å². The molecule has 0 spiro atoms. The highest BCUT2D eigenvalue weighted by atomic mass is 32.1. The van der Waals surface area contributed by atoms with Crippen molar-refractivity contribution in [3.8, 4) is 10.6 Å². The Bertz CT molecular complexity index is 1050. The van der Waals surface area contributed by atoms with E-state index in [2.05, 4.69) is 29.2 Å². The molecule has 6 heteroatoms. The van der Waals surface area contributed by atoms with Crippen molar-refractivity contribution in [3.05, 3.63) is 70.9 Å². The lowest BCUT2D eigenvalue weighted by atomic mass is 10.2.